The summed E-state index contributed by atoms with van der Waals surface area (Å²) in [5.74, 6) is 0.885. The third kappa shape index (κ3) is 4.71. The Morgan fingerprint density at radius 3 is 3.04 bits per heavy atom. The Morgan fingerprint density at radius 2 is 2.35 bits per heavy atom. The number of nitrogens with one attached hydrogen (secondary N) is 1. The summed E-state index contributed by atoms with van der Waals surface area (Å²) in [6.07, 6.45) is 2.23. The summed E-state index contributed by atoms with van der Waals surface area (Å²) in [5, 5.41) is 16.2. The molecular formula is C15H14BrClN4O2. The van der Waals surface area contributed by atoms with Crippen molar-refractivity contribution in [2.24, 2.45) is 7.05 Å². The van der Waals surface area contributed by atoms with Crippen molar-refractivity contribution in [1.29, 1.82) is 5.26 Å². The Balaban J connectivity index is 1.79. The molecule has 0 radical (unpaired) electrons. The van der Waals surface area contributed by atoms with E-state index in [0.717, 1.165) is 4.47 Å². The van der Waals surface area contributed by atoms with Crippen LogP contribution in [0.3, 0.4) is 0 Å². The smallest absolute Gasteiger partial charge is 0.225 e. The maximum Gasteiger partial charge on any atom is 0.225 e. The predicted molar refractivity (Wildman–Crippen MR) is 90.4 cm³/mol. The van der Waals surface area contributed by atoms with E-state index in [4.69, 9.17) is 21.6 Å². The molecule has 1 N–H and O–H groups in total. The minimum Gasteiger partial charge on any atom is -0.492 e. The summed E-state index contributed by atoms with van der Waals surface area (Å²) in [7, 11) is 1.66. The first-order valence-electron chi connectivity index (χ1n) is 6.81. The lowest BCUT2D eigenvalue weighted by molar-refractivity contribution is -0.116. The summed E-state index contributed by atoms with van der Waals surface area (Å²) in [6, 6.07) is 7.23. The molecule has 0 fully saturated rings. The minimum absolute atomic E-state index is 0.191. The van der Waals surface area contributed by atoms with Gasteiger partial charge in [-0.15, -0.1) is 0 Å². The van der Waals surface area contributed by atoms with Gasteiger partial charge in [0.2, 0.25) is 5.91 Å². The third-order valence-corrected chi connectivity index (χ3v) is 3.87. The number of benzene rings is 1. The van der Waals surface area contributed by atoms with Crippen molar-refractivity contribution in [3.05, 3.63) is 39.5 Å². The third-order valence-electron chi connectivity index (χ3n) is 3.02. The lowest BCUT2D eigenvalue weighted by Crippen LogP contribution is -2.16. The summed E-state index contributed by atoms with van der Waals surface area (Å²) in [4.78, 5) is 11.9. The van der Waals surface area contributed by atoms with Crippen molar-refractivity contribution in [1.82, 2.24) is 9.78 Å². The number of ether oxygens (including phenoxy) is 1. The van der Waals surface area contributed by atoms with Crippen LogP contribution in [0.1, 0.15) is 18.4 Å². The van der Waals surface area contributed by atoms with E-state index < -0.39 is 0 Å². The summed E-state index contributed by atoms with van der Waals surface area (Å²) in [5.41, 5.74) is 0.335. The number of carbonyl (C=O) groups is 1. The number of hydrogen-bond donors (Lipinski definition) is 1. The van der Waals surface area contributed by atoms with Crippen molar-refractivity contribution >= 4 is 39.3 Å². The van der Waals surface area contributed by atoms with Crippen LogP contribution in [-0.4, -0.2) is 22.3 Å². The van der Waals surface area contributed by atoms with Gasteiger partial charge in [-0.3, -0.25) is 9.48 Å². The zero-order valence-corrected chi connectivity index (χ0v) is 14.7. The van der Waals surface area contributed by atoms with Gasteiger partial charge in [-0.1, -0.05) is 11.6 Å². The van der Waals surface area contributed by atoms with E-state index in [0.29, 0.717) is 35.2 Å². The van der Waals surface area contributed by atoms with Crippen LogP contribution in [-0.2, 0) is 11.8 Å². The molecule has 1 aromatic carbocycles. The number of anilines is 1. The summed E-state index contributed by atoms with van der Waals surface area (Å²) in [6.45, 7) is 0.393. The Hall–Kier alpha value is -2.04. The molecule has 0 aliphatic rings. The zero-order chi connectivity index (χ0) is 16.8. The zero-order valence-electron chi connectivity index (χ0n) is 12.3. The lowest BCUT2D eigenvalue weighted by atomic mass is 10.3. The molecule has 0 bridgehead atoms. The summed E-state index contributed by atoms with van der Waals surface area (Å²) < 4.78 is 7.81. The molecule has 8 heteroatoms. The topological polar surface area (TPSA) is 79.9 Å². The van der Waals surface area contributed by atoms with Crippen LogP contribution in [0.5, 0.6) is 5.75 Å². The van der Waals surface area contributed by atoms with E-state index in [1.807, 2.05) is 6.07 Å². The second-order valence-corrected chi connectivity index (χ2v) is 6.01. The molecule has 0 unspecified atom stereocenters. The fourth-order valence-electron chi connectivity index (χ4n) is 1.87. The van der Waals surface area contributed by atoms with E-state index >= 15 is 0 Å². The normalized spacial score (nSPS) is 10.2. The van der Waals surface area contributed by atoms with E-state index in [1.165, 1.54) is 10.9 Å². The van der Waals surface area contributed by atoms with E-state index in [9.17, 15) is 4.79 Å². The highest BCUT2D eigenvalue weighted by atomic mass is 79.9. The molecule has 1 heterocycles. The molecule has 1 aromatic heterocycles. The molecule has 0 atom stereocenters. The number of carbonyl (C=O) groups excluding carboxylic acids is 1. The largest absolute Gasteiger partial charge is 0.492 e. The summed E-state index contributed by atoms with van der Waals surface area (Å²) >= 11 is 9.22. The lowest BCUT2D eigenvalue weighted by Gasteiger charge is -2.09. The first-order chi connectivity index (χ1) is 11.0. The highest BCUT2D eigenvalue weighted by molar-refractivity contribution is 9.10. The monoisotopic (exact) mass is 396 g/mol. The maximum atomic E-state index is 11.9. The van der Waals surface area contributed by atoms with Gasteiger partial charge in [0.15, 0.2) is 0 Å². The minimum atomic E-state index is -0.191. The second-order valence-electron chi connectivity index (χ2n) is 4.72. The number of amides is 1. The van der Waals surface area contributed by atoms with Crippen LogP contribution in [0.4, 0.5) is 5.82 Å². The Morgan fingerprint density at radius 1 is 1.57 bits per heavy atom. The fourth-order valence-corrected chi connectivity index (χ4v) is 2.67. The quantitative estimate of drug-likeness (QED) is 0.757. The Labute approximate surface area is 147 Å². The Bertz CT molecular complexity index is 754. The number of rotatable bonds is 6. The predicted octanol–water partition coefficient (Wildman–Crippen LogP) is 3.51. The van der Waals surface area contributed by atoms with Crippen LogP contribution in [0, 0.1) is 11.3 Å². The number of nitriles is 1. The van der Waals surface area contributed by atoms with Crippen molar-refractivity contribution < 1.29 is 9.53 Å². The molecule has 1 amide bonds. The number of halogens is 2. The fraction of sp³-hybridized carbons (Fsp3) is 0.267. The van der Waals surface area contributed by atoms with Gasteiger partial charge in [-0.05, 0) is 40.5 Å². The van der Waals surface area contributed by atoms with Crippen LogP contribution >= 0.6 is 27.5 Å². The van der Waals surface area contributed by atoms with Gasteiger partial charge in [0.25, 0.3) is 0 Å². The van der Waals surface area contributed by atoms with Crippen LogP contribution in [0.25, 0.3) is 0 Å². The molecule has 2 rings (SSSR count). The van der Waals surface area contributed by atoms with Crippen molar-refractivity contribution in [3.8, 4) is 11.8 Å². The number of aryl methyl sites for hydroxylation is 1. The van der Waals surface area contributed by atoms with Crippen LogP contribution in [0.2, 0.25) is 5.02 Å². The van der Waals surface area contributed by atoms with Gasteiger partial charge in [0, 0.05) is 18.5 Å². The maximum absolute atomic E-state index is 11.9. The van der Waals surface area contributed by atoms with Gasteiger partial charge < -0.3 is 10.1 Å². The molecule has 120 valence electrons. The molecule has 0 saturated carbocycles. The Kier molecular flexibility index (Phi) is 6.02. The standard InChI is InChI=1S/C15H14BrClN4O2/c1-21-15(10(8-18)9-19-21)20-14(22)3-2-6-23-13-5-4-11(17)7-12(13)16/h4-5,7,9H,2-3,6H2,1H3,(H,20,22). The van der Waals surface area contributed by atoms with E-state index in [2.05, 4.69) is 26.3 Å². The molecule has 6 nitrogen and oxygen atoms in total. The van der Waals surface area contributed by atoms with Gasteiger partial charge in [0.1, 0.15) is 23.2 Å². The average molecular weight is 398 g/mol. The van der Waals surface area contributed by atoms with E-state index in [1.54, 1.807) is 25.2 Å². The van der Waals surface area contributed by atoms with Gasteiger partial charge in [-0.25, -0.2) is 0 Å². The highest BCUT2D eigenvalue weighted by Crippen LogP contribution is 2.28. The van der Waals surface area contributed by atoms with E-state index in [-0.39, 0.29) is 12.3 Å². The number of nitrogens with zero attached hydrogens (tertiary/aromatic N) is 3. The number of hydrogen-bond acceptors (Lipinski definition) is 4. The first kappa shape index (κ1) is 17.3. The molecular weight excluding hydrogens is 384 g/mol. The molecule has 0 aliphatic heterocycles. The van der Waals surface area contributed by atoms with Crippen molar-refractivity contribution in [2.75, 3.05) is 11.9 Å². The van der Waals surface area contributed by atoms with Crippen molar-refractivity contribution in [3.63, 3.8) is 0 Å². The second kappa shape index (κ2) is 7.99. The number of aromatic nitrogens is 2. The average Bonchev–Trinajstić information content (AvgIpc) is 2.86. The van der Waals surface area contributed by atoms with Gasteiger partial charge in [-0.2, -0.15) is 10.4 Å². The van der Waals surface area contributed by atoms with Crippen molar-refractivity contribution in [2.45, 2.75) is 12.8 Å². The van der Waals surface area contributed by atoms with Crippen LogP contribution < -0.4 is 10.1 Å². The highest BCUT2D eigenvalue weighted by Gasteiger charge is 2.11. The SMILES string of the molecule is Cn1ncc(C#N)c1NC(=O)CCCOc1ccc(Cl)cc1Br. The molecule has 23 heavy (non-hydrogen) atoms. The van der Waals surface area contributed by atoms with Gasteiger partial charge >= 0.3 is 0 Å². The molecule has 0 saturated heterocycles. The first-order valence-corrected chi connectivity index (χ1v) is 7.98. The molecule has 0 aliphatic carbocycles. The molecule has 2 aromatic rings. The van der Waals surface area contributed by atoms with Gasteiger partial charge in [0.05, 0.1) is 17.3 Å². The van der Waals surface area contributed by atoms with Crippen LogP contribution in [0.15, 0.2) is 28.9 Å². The molecule has 0 spiro atoms.